The third-order valence-corrected chi connectivity index (χ3v) is 4.33. The minimum absolute atomic E-state index is 0.217. The largest absolute Gasteiger partial charge is 0.468 e. The summed E-state index contributed by atoms with van der Waals surface area (Å²) < 4.78 is 11.0. The number of esters is 1. The zero-order valence-corrected chi connectivity index (χ0v) is 14.6. The van der Waals surface area contributed by atoms with Crippen molar-refractivity contribution in [3.05, 3.63) is 0 Å². The predicted molar refractivity (Wildman–Crippen MR) is 85.2 cm³/mol. The van der Waals surface area contributed by atoms with Crippen LogP contribution in [-0.4, -0.2) is 37.4 Å². The van der Waals surface area contributed by atoms with Crippen LogP contribution >= 0.6 is 0 Å². The molecule has 124 valence electrons. The standard InChI is InChI=1S/C17H33NO3/c1-12(2)18-17(5,16(19)20-6)7-8-21-15-10-13(3)9-14(4)11-15/h12-15,18H,7-11H2,1-6H3. The second kappa shape index (κ2) is 8.14. The normalized spacial score (nSPS) is 29.2. The molecule has 3 unspecified atom stereocenters. The molecule has 0 aliphatic heterocycles. The van der Waals surface area contributed by atoms with Gasteiger partial charge in [0.15, 0.2) is 0 Å². The molecule has 1 saturated carbocycles. The maximum absolute atomic E-state index is 12.0. The van der Waals surface area contributed by atoms with E-state index in [9.17, 15) is 4.79 Å². The molecule has 1 rings (SSSR count). The number of rotatable bonds is 7. The lowest BCUT2D eigenvalue weighted by Gasteiger charge is -2.33. The molecular weight excluding hydrogens is 266 g/mol. The van der Waals surface area contributed by atoms with Crippen LogP contribution in [0.3, 0.4) is 0 Å². The van der Waals surface area contributed by atoms with Crippen molar-refractivity contribution in [2.24, 2.45) is 11.8 Å². The first-order valence-corrected chi connectivity index (χ1v) is 8.24. The van der Waals surface area contributed by atoms with Crippen molar-refractivity contribution in [2.45, 2.75) is 78.0 Å². The van der Waals surface area contributed by atoms with E-state index in [4.69, 9.17) is 9.47 Å². The van der Waals surface area contributed by atoms with E-state index in [1.807, 2.05) is 20.8 Å². The summed E-state index contributed by atoms with van der Waals surface area (Å²) in [6.07, 6.45) is 4.55. The van der Waals surface area contributed by atoms with E-state index in [1.165, 1.54) is 13.5 Å². The summed E-state index contributed by atoms with van der Waals surface area (Å²) in [5.74, 6) is 1.25. The number of nitrogens with one attached hydrogen (secondary N) is 1. The Balaban J connectivity index is 2.48. The van der Waals surface area contributed by atoms with Crippen LogP contribution in [-0.2, 0) is 14.3 Å². The molecule has 1 aliphatic rings. The molecule has 0 aromatic heterocycles. The maximum atomic E-state index is 12.0. The van der Waals surface area contributed by atoms with E-state index in [1.54, 1.807) is 0 Å². The van der Waals surface area contributed by atoms with Gasteiger partial charge in [-0.3, -0.25) is 10.1 Å². The van der Waals surface area contributed by atoms with E-state index in [0.717, 1.165) is 24.7 Å². The van der Waals surface area contributed by atoms with Crippen LogP contribution in [0.25, 0.3) is 0 Å². The molecule has 4 nitrogen and oxygen atoms in total. The molecule has 0 spiro atoms. The molecule has 21 heavy (non-hydrogen) atoms. The van der Waals surface area contributed by atoms with Crippen molar-refractivity contribution in [3.8, 4) is 0 Å². The first kappa shape index (κ1) is 18.4. The van der Waals surface area contributed by atoms with Crippen molar-refractivity contribution in [2.75, 3.05) is 13.7 Å². The fourth-order valence-corrected chi connectivity index (χ4v) is 3.53. The van der Waals surface area contributed by atoms with Crippen molar-refractivity contribution in [3.63, 3.8) is 0 Å². The molecule has 1 N–H and O–H groups in total. The Morgan fingerprint density at radius 2 is 1.81 bits per heavy atom. The van der Waals surface area contributed by atoms with Crippen LogP contribution < -0.4 is 5.32 Å². The van der Waals surface area contributed by atoms with Gasteiger partial charge in [0.25, 0.3) is 0 Å². The number of ether oxygens (including phenoxy) is 2. The highest BCUT2D eigenvalue weighted by molar-refractivity contribution is 5.80. The minimum Gasteiger partial charge on any atom is -0.468 e. The van der Waals surface area contributed by atoms with Gasteiger partial charge in [-0.15, -0.1) is 0 Å². The first-order valence-electron chi connectivity index (χ1n) is 8.24. The van der Waals surface area contributed by atoms with E-state index >= 15 is 0 Å². The highest BCUT2D eigenvalue weighted by atomic mass is 16.5. The van der Waals surface area contributed by atoms with Crippen molar-refractivity contribution in [1.82, 2.24) is 5.32 Å². The molecule has 4 heteroatoms. The smallest absolute Gasteiger partial charge is 0.325 e. The molecule has 3 atom stereocenters. The molecule has 0 aromatic rings. The quantitative estimate of drug-likeness (QED) is 0.734. The Morgan fingerprint density at radius 1 is 1.24 bits per heavy atom. The monoisotopic (exact) mass is 299 g/mol. The SMILES string of the molecule is COC(=O)C(C)(CCOC1CC(C)CC(C)C1)NC(C)C. The Kier molecular flexibility index (Phi) is 7.14. The number of methoxy groups -OCH3 is 1. The zero-order valence-electron chi connectivity index (χ0n) is 14.6. The van der Waals surface area contributed by atoms with Gasteiger partial charge in [-0.05, 0) is 58.3 Å². The Morgan fingerprint density at radius 3 is 2.29 bits per heavy atom. The van der Waals surface area contributed by atoms with Gasteiger partial charge < -0.3 is 9.47 Å². The third kappa shape index (κ3) is 5.95. The lowest BCUT2D eigenvalue weighted by atomic mass is 9.82. The minimum atomic E-state index is -0.672. The lowest BCUT2D eigenvalue weighted by molar-refractivity contribution is -0.149. The summed E-state index contributed by atoms with van der Waals surface area (Å²) in [5.41, 5.74) is -0.672. The fourth-order valence-electron chi connectivity index (χ4n) is 3.53. The number of carbonyl (C=O) groups is 1. The van der Waals surface area contributed by atoms with Gasteiger partial charge in [0.05, 0.1) is 13.2 Å². The van der Waals surface area contributed by atoms with Crippen molar-refractivity contribution in [1.29, 1.82) is 0 Å². The predicted octanol–water partition coefficient (Wildman–Crippen LogP) is 3.15. The van der Waals surface area contributed by atoms with E-state index in [-0.39, 0.29) is 12.0 Å². The molecule has 0 aromatic carbocycles. The van der Waals surface area contributed by atoms with Gasteiger partial charge in [0.2, 0.25) is 0 Å². The van der Waals surface area contributed by atoms with E-state index in [2.05, 4.69) is 19.2 Å². The van der Waals surface area contributed by atoms with Gasteiger partial charge in [0, 0.05) is 12.6 Å². The van der Waals surface area contributed by atoms with Crippen molar-refractivity contribution >= 4 is 5.97 Å². The Hall–Kier alpha value is -0.610. The second-order valence-electron chi connectivity index (χ2n) is 7.28. The molecule has 0 bridgehead atoms. The average Bonchev–Trinajstić information content (AvgIpc) is 2.35. The Labute approximate surface area is 130 Å². The average molecular weight is 299 g/mol. The number of hydrogen-bond donors (Lipinski definition) is 1. The molecule has 1 fully saturated rings. The van der Waals surface area contributed by atoms with Gasteiger partial charge in [-0.2, -0.15) is 0 Å². The summed E-state index contributed by atoms with van der Waals surface area (Å²) in [5, 5.41) is 3.31. The van der Waals surface area contributed by atoms with Crippen LogP contribution in [0.2, 0.25) is 0 Å². The van der Waals surface area contributed by atoms with Gasteiger partial charge in [-0.25, -0.2) is 0 Å². The molecular formula is C17H33NO3. The Bertz CT molecular complexity index is 322. The van der Waals surface area contributed by atoms with Gasteiger partial charge >= 0.3 is 5.97 Å². The number of hydrogen-bond acceptors (Lipinski definition) is 4. The lowest BCUT2D eigenvalue weighted by Crippen LogP contribution is -2.53. The van der Waals surface area contributed by atoms with Gasteiger partial charge in [-0.1, -0.05) is 13.8 Å². The van der Waals surface area contributed by atoms with Crippen LogP contribution in [0.5, 0.6) is 0 Å². The molecule has 0 radical (unpaired) electrons. The van der Waals surface area contributed by atoms with E-state index < -0.39 is 5.54 Å². The van der Waals surface area contributed by atoms with Crippen LogP contribution in [0.15, 0.2) is 0 Å². The zero-order chi connectivity index (χ0) is 16.0. The highest BCUT2D eigenvalue weighted by Crippen LogP contribution is 2.30. The molecule has 0 heterocycles. The first-order chi connectivity index (χ1) is 9.76. The molecule has 1 aliphatic carbocycles. The third-order valence-electron chi connectivity index (χ3n) is 4.33. The van der Waals surface area contributed by atoms with Crippen LogP contribution in [0, 0.1) is 11.8 Å². The molecule has 0 amide bonds. The maximum Gasteiger partial charge on any atom is 0.325 e. The summed E-state index contributed by atoms with van der Waals surface area (Å²) >= 11 is 0. The fraction of sp³-hybridized carbons (Fsp3) is 0.941. The summed E-state index contributed by atoms with van der Waals surface area (Å²) in [4.78, 5) is 12.0. The summed E-state index contributed by atoms with van der Waals surface area (Å²) in [7, 11) is 1.44. The van der Waals surface area contributed by atoms with Crippen LogP contribution in [0.1, 0.15) is 60.3 Å². The highest BCUT2D eigenvalue weighted by Gasteiger charge is 2.35. The van der Waals surface area contributed by atoms with Gasteiger partial charge in [0.1, 0.15) is 5.54 Å². The summed E-state index contributed by atoms with van der Waals surface area (Å²) in [6, 6.07) is 0.226. The summed E-state index contributed by atoms with van der Waals surface area (Å²) in [6.45, 7) is 11.2. The van der Waals surface area contributed by atoms with E-state index in [0.29, 0.717) is 19.1 Å². The van der Waals surface area contributed by atoms with Crippen molar-refractivity contribution < 1.29 is 14.3 Å². The number of carbonyl (C=O) groups excluding carboxylic acids is 1. The second-order valence-corrected chi connectivity index (χ2v) is 7.28. The molecule has 0 saturated heterocycles. The van der Waals surface area contributed by atoms with Crippen LogP contribution in [0.4, 0.5) is 0 Å². The topological polar surface area (TPSA) is 47.6 Å².